The molecule has 1 rings (SSSR count). The molecule has 1 aliphatic rings. The third-order valence-corrected chi connectivity index (χ3v) is 4.15. The second-order valence-corrected chi connectivity index (χ2v) is 7.83. The Labute approximate surface area is 157 Å². The molecule has 0 amide bonds. The number of carbonyl (C=O) groups excluding carboxylic acids is 1. The average Bonchev–Trinajstić information content (AvgIpc) is 2.49. The number of aliphatic carboxylic acids is 1. The van der Waals surface area contributed by atoms with Gasteiger partial charge in [0, 0.05) is 58.3 Å². The van der Waals surface area contributed by atoms with Gasteiger partial charge in [-0.2, -0.15) is 0 Å². The van der Waals surface area contributed by atoms with E-state index in [1.807, 2.05) is 25.7 Å². The SMILES string of the molecule is CC1CNCCNCCN(C(CCC(=O)O)C(=O)OC(C)(C)C)CCN1. The molecule has 26 heavy (non-hydrogen) atoms. The molecule has 0 radical (unpaired) electrons. The lowest BCUT2D eigenvalue weighted by Gasteiger charge is -2.33. The molecule has 1 heterocycles. The molecule has 0 saturated carbocycles. The maximum Gasteiger partial charge on any atom is 0.323 e. The van der Waals surface area contributed by atoms with Crippen molar-refractivity contribution in [2.75, 3.05) is 45.8 Å². The maximum absolute atomic E-state index is 12.7. The Morgan fingerprint density at radius 1 is 1.15 bits per heavy atom. The van der Waals surface area contributed by atoms with Crippen molar-refractivity contribution in [2.45, 2.75) is 58.2 Å². The fourth-order valence-corrected chi connectivity index (χ4v) is 2.87. The first-order valence-corrected chi connectivity index (χ1v) is 9.52. The van der Waals surface area contributed by atoms with Crippen molar-refractivity contribution in [1.29, 1.82) is 0 Å². The molecule has 8 nitrogen and oxygen atoms in total. The Balaban J connectivity index is 2.81. The summed E-state index contributed by atoms with van der Waals surface area (Å²) in [5, 5.41) is 19.3. The zero-order valence-corrected chi connectivity index (χ0v) is 16.6. The lowest BCUT2D eigenvalue weighted by Crippen LogP contribution is -2.51. The first-order valence-electron chi connectivity index (χ1n) is 9.52. The van der Waals surface area contributed by atoms with Gasteiger partial charge in [-0.15, -0.1) is 0 Å². The van der Waals surface area contributed by atoms with Crippen LogP contribution in [-0.4, -0.2) is 85.4 Å². The number of esters is 1. The second kappa shape index (κ2) is 11.5. The van der Waals surface area contributed by atoms with Crippen LogP contribution < -0.4 is 16.0 Å². The molecule has 4 N–H and O–H groups in total. The molecule has 0 aromatic heterocycles. The van der Waals surface area contributed by atoms with E-state index in [9.17, 15) is 9.59 Å². The standard InChI is InChI=1S/C18H36N4O4/c1-14-13-20-8-7-19-9-11-22(12-10-21-14)15(5-6-16(23)24)17(25)26-18(2,3)4/h14-15,19-21H,5-13H2,1-4H3,(H,23,24). The Hall–Kier alpha value is -1.22. The largest absolute Gasteiger partial charge is 0.481 e. The van der Waals surface area contributed by atoms with E-state index in [-0.39, 0.29) is 18.8 Å². The molecule has 1 aliphatic heterocycles. The van der Waals surface area contributed by atoms with E-state index >= 15 is 0 Å². The van der Waals surface area contributed by atoms with E-state index in [1.165, 1.54) is 0 Å². The fourth-order valence-electron chi connectivity index (χ4n) is 2.87. The van der Waals surface area contributed by atoms with E-state index < -0.39 is 17.6 Å². The number of hydrogen-bond donors (Lipinski definition) is 4. The Morgan fingerprint density at radius 3 is 2.46 bits per heavy atom. The zero-order chi connectivity index (χ0) is 19.6. The molecule has 0 aliphatic carbocycles. The summed E-state index contributed by atoms with van der Waals surface area (Å²) in [6.45, 7) is 13.0. The summed E-state index contributed by atoms with van der Waals surface area (Å²) in [7, 11) is 0. The molecule has 152 valence electrons. The summed E-state index contributed by atoms with van der Waals surface area (Å²) in [4.78, 5) is 25.8. The van der Waals surface area contributed by atoms with Crippen LogP contribution in [0, 0.1) is 0 Å². The Bertz CT molecular complexity index is 439. The van der Waals surface area contributed by atoms with Gasteiger partial charge in [0.2, 0.25) is 0 Å². The second-order valence-electron chi connectivity index (χ2n) is 7.83. The van der Waals surface area contributed by atoms with Gasteiger partial charge >= 0.3 is 11.9 Å². The number of carboxylic acid groups (broad SMARTS) is 1. The van der Waals surface area contributed by atoms with Crippen molar-refractivity contribution in [3.8, 4) is 0 Å². The van der Waals surface area contributed by atoms with Crippen LogP contribution in [0.2, 0.25) is 0 Å². The normalized spacial score (nSPS) is 22.7. The predicted octanol–water partition coefficient (Wildman–Crippen LogP) is 0.0344. The topological polar surface area (TPSA) is 103 Å². The van der Waals surface area contributed by atoms with Crippen molar-refractivity contribution in [2.24, 2.45) is 0 Å². The fraction of sp³-hybridized carbons (Fsp3) is 0.889. The van der Waals surface area contributed by atoms with Crippen LogP contribution in [0.5, 0.6) is 0 Å². The highest BCUT2D eigenvalue weighted by molar-refractivity contribution is 5.77. The average molecular weight is 373 g/mol. The lowest BCUT2D eigenvalue weighted by molar-refractivity contribution is -0.162. The highest BCUT2D eigenvalue weighted by Crippen LogP contribution is 2.15. The Kier molecular flexibility index (Phi) is 10.1. The zero-order valence-electron chi connectivity index (χ0n) is 16.6. The van der Waals surface area contributed by atoms with Crippen LogP contribution in [-0.2, 0) is 14.3 Å². The van der Waals surface area contributed by atoms with Gasteiger partial charge in [0.15, 0.2) is 0 Å². The first-order chi connectivity index (χ1) is 12.2. The summed E-state index contributed by atoms with van der Waals surface area (Å²) in [6, 6.07) is -0.222. The van der Waals surface area contributed by atoms with Crippen molar-refractivity contribution in [1.82, 2.24) is 20.9 Å². The van der Waals surface area contributed by atoms with Crippen molar-refractivity contribution in [3.05, 3.63) is 0 Å². The molecule has 0 aromatic carbocycles. The molecular formula is C18H36N4O4. The Morgan fingerprint density at radius 2 is 1.81 bits per heavy atom. The van der Waals surface area contributed by atoms with E-state index in [0.29, 0.717) is 19.1 Å². The molecule has 0 bridgehead atoms. The van der Waals surface area contributed by atoms with Crippen molar-refractivity contribution in [3.63, 3.8) is 0 Å². The number of carbonyl (C=O) groups is 2. The highest BCUT2D eigenvalue weighted by atomic mass is 16.6. The number of ether oxygens (including phenoxy) is 1. The van der Waals surface area contributed by atoms with Crippen LogP contribution in [0.4, 0.5) is 0 Å². The summed E-state index contributed by atoms with van der Waals surface area (Å²) in [6.07, 6.45) is 0.197. The van der Waals surface area contributed by atoms with Crippen molar-refractivity contribution < 1.29 is 19.4 Å². The minimum Gasteiger partial charge on any atom is -0.481 e. The van der Waals surface area contributed by atoms with Gasteiger partial charge in [-0.25, -0.2) is 0 Å². The van der Waals surface area contributed by atoms with Crippen LogP contribution in [0.1, 0.15) is 40.5 Å². The predicted molar refractivity (Wildman–Crippen MR) is 101 cm³/mol. The molecule has 8 heteroatoms. The van der Waals surface area contributed by atoms with E-state index in [2.05, 4.69) is 22.9 Å². The van der Waals surface area contributed by atoms with E-state index in [1.54, 1.807) is 0 Å². The van der Waals surface area contributed by atoms with Gasteiger partial charge in [-0.3, -0.25) is 14.5 Å². The maximum atomic E-state index is 12.7. The van der Waals surface area contributed by atoms with Crippen molar-refractivity contribution >= 4 is 11.9 Å². The van der Waals surface area contributed by atoms with Gasteiger partial charge < -0.3 is 25.8 Å². The first kappa shape index (κ1) is 22.8. The molecular weight excluding hydrogens is 336 g/mol. The number of rotatable bonds is 5. The quantitative estimate of drug-likeness (QED) is 0.502. The van der Waals surface area contributed by atoms with Gasteiger partial charge in [0.25, 0.3) is 0 Å². The third-order valence-electron chi connectivity index (χ3n) is 4.15. The molecule has 0 spiro atoms. The number of nitrogens with one attached hydrogen (secondary N) is 3. The number of nitrogens with zero attached hydrogens (tertiary/aromatic N) is 1. The summed E-state index contributed by atoms with van der Waals surface area (Å²) in [5.41, 5.74) is -0.595. The summed E-state index contributed by atoms with van der Waals surface area (Å²) < 4.78 is 5.55. The van der Waals surface area contributed by atoms with Crippen LogP contribution in [0.25, 0.3) is 0 Å². The monoisotopic (exact) mass is 372 g/mol. The smallest absolute Gasteiger partial charge is 0.323 e. The molecule has 1 saturated heterocycles. The number of carboxylic acids is 1. The molecule has 1 fully saturated rings. The van der Waals surface area contributed by atoms with Gasteiger partial charge in [-0.05, 0) is 34.1 Å². The molecule has 2 atom stereocenters. The highest BCUT2D eigenvalue weighted by Gasteiger charge is 2.30. The molecule has 0 aromatic rings. The van der Waals surface area contributed by atoms with Crippen LogP contribution in [0.15, 0.2) is 0 Å². The third kappa shape index (κ3) is 10.1. The minimum absolute atomic E-state index is 0.0540. The minimum atomic E-state index is -0.899. The molecule has 2 unspecified atom stereocenters. The van der Waals surface area contributed by atoms with Gasteiger partial charge in [0.1, 0.15) is 11.6 Å². The lowest BCUT2D eigenvalue weighted by atomic mass is 10.1. The number of hydrogen-bond acceptors (Lipinski definition) is 7. The summed E-state index contributed by atoms with van der Waals surface area (Å²) >= 11 is 0. The van der Waals surface area contributed by atoms with Crippen LogP contribution >= 0.6 is 0 Å². The van der Waals surface area contributed by atoms with Crippen LogP contribution in [0.3, 0.4) is 0 Å². The van der Waals surface area contributed by atoms with Gasteiger partial charge in [-0.1, -0.05) is 0 Å². The summed E-state index contributed by atoms with van der Waals surface area (Å²) in [5.74, 6) is -1.25. The van der Waals surface area contributed by atoms with E-state index in [4.69, 9.17) is 9.84 Å². The van der Waals surface area contributed by atoms with Gasteiger partial charge in [0.05, 0.1) is 0 Å². The van der Waals surface area contributed by atoms with E-state index in [0.717, 1.165) is 32.7 Å².